The van der Waals surface area contributed by atoms with Crippen LogP contribution >= 0.6 is 0 Å². The molecule has 4 nitrogen and oxygen atoms in total. The summed E-state index contributed by atoms with van der Waals surface area (Å²) in [4.78, 5) is 11.1. The van der Waals surface area contributed by atoms with Gasteiger partial charge in [0.25, 0.3) is 5.56 Å². The number of piperidine rings is 1. The van der Waals surface area contributed by atoms with Gasteiger partial charge in [0, 0.05) is 18.0 Å². The molecule has 0 bridgehead atoms. The largest absolute Gasteiger partial charge is 0.416 e. The molecule has 0 unspecified atom stereocenters. The lowest BCUT2D eigenvalue weighted by Crippen LogP contribution is -2.30. The predicted molar refractivity (Wildman–Crippen MR) is 73.5 cm³/mol. The molecule has 7 heteroatoms. The zero-order chi connectivity index (χ0) is 15.7. The third kappa shape index (κ3) is 3.09. The van der Waals surface area contributed by atoms with Gasteiger partial charge in [-0.15, -0.1) is 0 Å². The van der Waals surface area contributed by atoms with Crippen molar-refractivity contribution in [3.05, 3.63) is 57.6 Å². The summed E-state index contributed by atoms with van der Waals surface area (Å²) in [6, 6.07) is 6.56. The summed E-state index contributed by atoms with van der Waals surface area (Å²) in [5.41, 5.74) is -0.129. The van der Waals surface area contributed by atoms with Gasteiger partial charge >= 0.3 is 6.18 Å². The summed E-state index contributed by atoms with van der Waals surface area (Å²) < 4.78 is 42.9. The van der Waals surface area contributed by atoms with Crippen molar-refractivity contribution in [2.75, 3.05) is 6.54 Å². The van der Waals surface area contributed by atoms with Crippen molar-refractivity contribution < 1.29 is 17.7 Å². The minimum absolute atomic E-state index is 0.0544. The maximum absolute atomic E-state index is 12.6. The average Bonchev–Trinajstić information content (AvgIpc) is 2.93. The Labute approximate surface area is 124 Å². The standard InChI is InChI=1S/C15H15F3N2O2/c16-15(17,18)11-3-1-9(2-4-11)12-7-10(5-6-19-12)13-8-14(21)20-22-13/h1-4,8,10,12,19H,5-7H2,(H,20,21)/t10-,12+/m1/s1. The van der Waals surface area contributed by atoms with E-state index in [1.807, 2.05) is 0 Å². The van der Waals surface area contributed by atoms with Crippen LogP contribution in [0, 0.1) is 0 Å². The zero-order valence-corrected chi connectivity index (χ0v) is 11.6. The van der Waals surface area contributed by atoms with Gasteiger partial charge in [-0.1, -0.05) is 12.1 Å². The topological polar surface area (TPSA) is 58.0 Å². The van der Waals surface area contributed by atoms with Crippen molar-refractivity contribution in [1.82, 2.24) is 10.5 Å². The van der Waals surface area contributed by atoms with Crippen LogP contribution in [0.4, 0.5) is 13.2 Å². The minimum atomic E-state index is -4.32. The highest BCUT2D eigenvalue weighted by Gasteiger charge is 2.31. The molecule has 118 valence electrons. The fourth-order valence-corrected chi connectivity index (χ4v) is 2.83. The van der Waals surface area contributed by atoms with Gasteiger partial charge in [-0.05, 0) is 37.1 Å². The number of hydrogen-bond acceptors (Lipinski definition) is 3. The molecule has 1 aliphatic rings. The van der Waals surface area contributed by atoms with Crippen molar-refractivity contribution in [3.63, 3.8) is 0 Å². The van der Waals surface area contributed by atoms with E-state index in [9.17, 15) is 18.0 Å². The highest BCUT2D eigenvalue weighted by atomic mass is 19.4. The molecule has 1 fully saturated rings. The maximum atomic E-state index is 12.6. The highest BCUT2D eigenvalue weighted by Crippen LogP contribution is 2.35. The molecular weight excluding hydrogens is 297 g/mol. The highest BCUT2D eigenvalue weighted by molar-refractivity contribution is 5.27. The van der Waals surface area contributed by atoms with Crippen molar-refractivity contribution in [2.45, 2.75) is 31.0 Å². The maximum Gasteiger partial charge on any atom is 0.416 e. The number of aromatic amines is 1. The number of rotatable bonds is 2. The van der Waals surface area contributed by atoms with Gasteiger partial charge in [-0.25, -0.2) is 0 Å². The number of H-pyrrole nitrogens is 1. The quantitative estimate of drug-likeness (QED) is 0.895. The molecule has 0 radical (unpaired) electrons. The Morgan fingerprint density at radius 3 is 2.50 bits per heavy atom. The molecule has 0 amide bonds. The van der Waals surface area contributed by atoms with Crippen LogP contribution in [0.5, 0.6) is 0 Å². The molecule has 2 aromatic rings. The van der Waals surface area contributed by atoms with E-state index in [0.717, 1.165) is 24.1 Å². The lowest BCUT2D eigenvalue weighted by Gasteiger charge is -2.29. The van der Waals surface area contributed by atoms with Crippen molar-refractivity contribution in [3.8, 4) is 0 Å². The summed E-state index contributed by atoms with van der Waals surface area (Å²) in [5.74, 6) is 0.677. The Balaban J connectivity index is 1.76. The monoisotopic (exact) mass is 312 g/mol. The van der Waals surface area contributed by atoms with E-state index in [1.54, 1.807) is 0 Å². The normalized spacial score (nSPS) is 22.7. The molecule has 2 heterocycles. The minimum Gasteiger partial charge on any atom is -0.383 e. The van der Waals surface area contributed by atoms with Gasteiger partial charge in [-0.2, -0.15) is 18.3 Å². The van der Waals surface area contributed by atoms with Crippen LogP contribution < -0.4 is 10.9 Å². The van der Waals surface area contributed by atoms with Gasteiger partial charge in [0.05, 0.1) is 5.56 Å². The lowest BCUT2D eigenvalue weighted by molar-refractivity contribution is -0.137. The van der Waals surface area contributed by atoms with E-state index in [-0.39, 0.29) is 17.5 Å². The molecule has 1 saturated heterocycles. The number of benzene rings is 1. The smallest absolute Gasteiger partial charge is 0.383 e. The fraction of sp³-hybridized carbons (Fsp3) is 0.400. The second kappa shape index (κ2) is 5.64. The van der Waals surface area contributed by atoms with E-state index < -0.39 is 11.7 Å². The Kier molecular flexibility index (Phi) is 3.82. The van der Waals surface area contributed by atoms with E-state index in [1.165, 1.54) is 18.2 Å². The van der Waals surface area contributed by atoms with Crippen LogP contribution in [0.25, 0.3) is 0 Å². The molecule has 2 atom stereocenters. The van der Waals surface area contributed by atoms with Crippen LogP contribution in [-0.4, -0.2) is 11.7 Å². The first-order valence-corrected chi connectivity index (χ1v) is 7.02. The zero-order valence-electron chi connectivity index (χ0n) is 11.6. The van der Waals surface area contributed by atoms with E-state index in [2.05, 4.69) is 10.5 Å². The number of nitrogens with one attached hydrogen (secondary N) is 2. The predicted octanol–water partition coefficient (Wildman–Crippen LogP) is 3.20. The van der Waals surface area contributed by atoms with Gasteiger partial charge in [0.2, 0.25) is 0 Å². The summed E-state index contributed by atoms with van der Waals surface area (Å²) in [6.07, 6.45) is -2.83. The summed E-state index contributed by atoms with van der Waals surface area (Å²) >= 11 is 0. The Bertz CT molecular complexity index is 688. The molecule has 0 aliphatic carbocycles. The van der Waals surface area contributed by atoms with Crippen molar-refractivity contribution >= 4 is 0 Å². The fourth-order valence-electron chi connectivity index (χ4n) is 2.83. The number of alkyl halides is 3. The van der Waals surface area contributed by atoms with Gasteiger partial charge < -0.3 is 9.84 Å². The van der Waals surface area contributed by atoms with Gasteiger partial charge in [-0.3, -0.25) is 4.79 Å². The van der Waals surface area contributed by atoms with Gasteiger partial charge in [0.1, 0.15) is 5.76 Å². The second-order valence-electron chi connectivity index (χ2n) is 5.46. The SMILES string of the molecule is O=c1cc([C@@H]2CCN[C@H](c3ccc(C(F)(F)F)cc3)C2)o[nH]1. The van der Waals surface area contributed by atoms with Crippen LogP contribution in [0.3, 0.4) is 0 Å². The van der Waals surface area contributed by atoms with Crippen LogP contribution in [0.1, 0.15) is 41.7 Å². The van der Waals surface area contributed by atoms with E-state index >= 15 is 0 Å². The Morgan fingerprint density at radius 1 is 1.18 bits per heavy atom. The first-order chi connectivity index (χ1) is 10.4. The first kappa shape index (κ1) is 14.9. The van der Waals surface area contributed by atoms with E-state index in [0.29, 0.717) is 18.7 Å². The molecule has 2 N–H and O–H groups in total. The molecule has 3 rings (SSSR count). The number of aromatic nitrogens is 1. The Hall–Kier alpha value is -2.02. The number of hydrogen-bond donors (Lipinski definition) is 2. The third-order valence-corrected chi connectivity index (χ3v) is 3.99. The summed E-state index contributed by atoms with van der Waals surface area (Å²) in [6.45, 7) is 0.714. The Morgan fingerprint density at radius 2 is 1.91 bits per heavy atom. The van der Waals surface area contributed by atoms with E-state index in [4.69, 9.17) is 4.52 Å². The van der Waals surface area contributed by atoms with Gasteiger partial charge in [0.15, 0.2) is 0 Å². The van der Waals surface area contributed by atoms with Crippen LogP contribution in [0.15, 0.2) is 39.6 Å². The molecule has 22 heavy (non-hydrogen) atoms. The van der Waals surface area contributed by atoms with Crippen LogP contribution in [-0.2, 0) is 6.18 Å². The lowest BCUT2D eigenvalue weighted by atomic mass is 9.87. The summed E-state index contributed by atoms with van der Waals surface area (Å²) in [5, 5.41) is 5.56. The average molecular weight is 312 g/mol. The second-order valence-corrected chi connectivity index (χ2v) is 5.46. The molecule has 0 saturated carbocycles. The molecule has 1 aromatic carbocycles. The number of halogens is 3. The van der Waals surface area contributed by atoms with Crippen molar-refractivity contribution in [1.29, 1.82) is 0 Å². The molecule has 1 aliphatic heterocycles. The molecule has 1 aromatic heterocycles. The third-order valence-electron chi connectivity index (χ3n) is 3.99. The first-order valence-electron chi connectivity index (χ1n) is 7.02. The molecular formula is C15H15F3N2O2. The van der Waals surface area contributed by atoms with Crippen molar-refractivity contribution in [2.24, 2.45) is 0 Å². The van der Waals surface area contributed by atoms with Crippen LogP contribution in [0.2, 0.25) is 0 Å². The summed E-state index contributed by atoms with van der Waals surface area (Å²) in [7, 11) is 0. The molecule has 0 spiro atoms.